The van der Waals surface area contributed by atoms with Gasteiger partial charge in [-0.05, 0) is 25.8 Å². The second-order valence-corrected chi connectivity index (χ2v) is 13.9. The Morgan fingerprint density at radius 3 is 1.40 bits per heavy atom. The number of rotatable bonds is 12. The highest BCUT2D eigenvalue weighted by molar-refractivity contribution is 7.73. The van der Waals surface area contributed by atoms with Crippen LogP contribution >= 0.6 is 30.4 Å². The molecule has 11 N–H and O–H groups in total. The summed E-state index contributed by atoms with van der Waals surface area (Å²) in [4.78, 5) is 75.9. The lowest BCUT2D eigenvalue weighted by molar-refractivity contribution is 0.135. The molecule has 0 aromatic heterocycles. The first-order chi connectivity index (χ1) is 13.3. The van der Waals surface area contributed by atoms with E-state index >= 15 is 0 Å². The molecule has 0 aliphatic carbocycles. The summed E-state index contributed by atoms with van der Waals surface area (Å²) >= 11 is 0. The lowest BCUT2D eigenvalue weighted by atomic mass is 10.3. The number of hydrogen-bond acceptors (Lipinski definition) is 7. The molecule has 184 valence electrons. The normalized spacial score (nSPS) is 14.1. The van der Waals surface area contributed by atoms with Crippen molar-refractivity contribution in [1.82, 2.24) is 4.90 Å². The number of nitrogens with two attached hydrogens (primary N) is 1. The smallest absolute Gasteiger partial charge is 0.358 e. The van der Waals surface area contributed by atoms with E-state index < -0.39 is 53.9 Å². The van der Waals surface area contributed by atoms with Gasteiger partial charge >= 0.3 is 30.4 Å². The van der Waals surface area contributed by atoms with Gasteiger partial charge < -0.3 is 50.0 Å². The van der Waals surface area contributed by atoms with E-state index in [-0.39, 0.29) is 24.3 Å². The van der Waals surface area contributed by atoms with Crippen LogP contribution in [-0.2, 0) is 18.3 Å². The van der Waals surface area contributed by atoms with Crippen molar-refractivity contribution in [2.24, 2.45) is 5.73 Å². The number of aliphatic hydroxyl groups excluding tert-OH is 1. The summed E-state index contributed by atoms with van der Waals surface area (Å²) in [7, 11) is -23.2. The predicted molar refractivity (Wildman–Crippen MR) is 107 cm³/mol. The summed E-state index contributed by atoms with van der Waals surface area (Å²) in [5.74, 6) is 0. The predicted octanol–water partition coefficient (Wildman–Crippen LogP) is -0.526. The van der Waals surface area contributed by atoms with Gasteiger partial charge in [-0.15, -0.1) is 0 Å². The Morgan fingerprint density at radius 1 is 0.833 bits per heavy atom. The highest BCUT2D eigenvalue weighted by atomic mass is 31.2. The lowest BCUT2D eigenvalue weighted by Crippen LogP contribution is -2.53. The van der Waals surface area contributed by atoms with Crippen LogP contribution in [0.15, 0.2) is 0 Å². The highest BCUT2D eigenvalue weighted by Crippen LogP contribution is 2.76. The fraction of sp³-hybridized carbons (Fsp3) is 1.00. The van der Waals surface area contributed by atoms with Gasteiger partial charge in [0.05, 0.1) is 0 Å². The summed E-state index contributed by atoms with van der Waals surface area (Å²) < 4.78 is 47.3. The molecule has 19 heteroatoms. The summed E-state index contributed by atoms with van der Waals surface area (Å²) in [5, 5.41) is 4.50. The van der Waals surface area contributed by atoms with Gasteiger partial charge in [-0.25, -0.2) is 0 Å². The molecule has 0 unspecified atom stereocenters. The fourth-order valence-corrected chi connectivity index (χ4v) is 9.42. The van der Waals surface area contributed by atoms with E-state index in [0.29, 0.717) is 6.54 Å². The van der Waals surface area contributed by atoms with Crippen LogP contribution in [0, 0.1) is 0 Å². The average molecular weight is 524 g/mol. The lowest BCUT2D eigenvalue weighted by Gasteiger charge is -2.46. The van der Waals surface area contributed by atoms with Crippen molar-refractivity contribution >= 4 is 30.4 Å². The Bertz CT molecular complexity index is 649. The van der Waals surface area contributed by atoms with Gasteiger partial charge in [0.15, 0.2) is 0 Å². The zero-order valence-corrected chi connectivity index (χ0v) is 20.1. The standard InChI is InChI=1S/C8H23NO12P4.C3H9NO/c1-3-5-8(24(16,17)18,25(19,20)21)9(6-4-2)7(22(10,11)12)23(13,14)15;4-2-1-3-5/h7H,3-6H2,1-2H3,(H2,10,11,12)(H2,13,14,15)(H2,16,17,18)(H2,19,20,21);5H,1-4H2. The Labute approximate surface area is 173 Å². The van der Waals surface area contributed by atoms with Crippen molar-refractivity contribution < 1.29 is 62.5 Å². The molecule has 0 fully saturated rings. The summed E-state index contributed by atoms with van der Waals surface area (Å²) in [5.41, 5.74) is 1.86. The van der Waals surface area contributed by atoms with Crippen LogP contribution in [0.5, 0.6) is 0 Å². The molecule has 0 radical (unpaired) electrons. The van der Waals surface area contributed by atoms with Gasteiger partial charge in [0.25, 0.3) is 0 Å². The van der Waals surface area contributed by atoms with E-state index in [2.05, 4.69) is 0 Å². The van der Waals surface area contributed by atoms with Crippen molar-refractivity contribution in [1.29, 1.82) is 0 Å². The van der Waals surface area contributed by atoms with Crippen molar-refractivity contribution in [3.8, 4) is 0 Å². The minimum Gasteiger partial charge on any atom is -0.396 e. The number of aliphatic hydroxyl groups is 1. The van der Waals surface area contributed by atoms with E-state index in [4.69, 9.17) is 10.8 Å². The van der Waals surface area contributed by atoms with Crippen LogP contribution in [0.1, 0.15) is 39.5 Å². The highest BCUT2D eigenvalue weighted by Gasteiger charge is 2.68. The van der Waals surface area contributed by atoms with Gasteiger partial charge in [-0.3, -0.25) is 23.2 Å². The number of hydrogen-bond donors (Lipinski definition) is 10. The van der Waals surface area contributed by atoms with Crippen LogP contribution in [0.4, 0.5) is 0 Å². The maximum absolute atomic E-state index is 12.0. The second-order valence-electron chi connectivity index (χ2n) is 6.20. The van der Waals surface area contributed by atoms with Gasteiger partial charge in [-0.1, -0.05) is 20.3 Å². The van der Waals surface area contributed by atoms with Gasteiger partial charge in [0, 0.05) is 13.2 Å². The second kappa shape index (κ2) is 12.6. The Hall–Kier alpha value is 0.480. The molecular weight excluding hydrogens is 492 g/mol. The Morgan fingerprint density at radius 2 is 1.23 bits per heavy atom. The zero-order chi connectivity index (χ0) is 24.6. The largest absolute Gasteiger partial charge is 0.396 e. The third-order valence-electron chi connectivity index (χ3n) is 3.69. The quantitative estimate of drug-likeness (QED) is 0.144. The van der Waals surface area contributed by atoms with Crippen LogP contribution in [0.3, 0.4) is 0 Å². The van der Waals surface area contributed by atoms with Crippen LogP contribution in [0.2, 0.25) is 0 Å². The minimum absolute atomic E-state index is 0.0976. The van der Waals surface area contributed by atoms with Gasteiger partial charge in [0.1, 0.15) is 0 Å². The van der Waals surface area contributed by atoms with Crippen LogP contribution in [0.25, 0.3) is 0 Å². The van der Waals surface area contributed by atoms with E-state index in [9.17, 15) is 57.4 Å². The van der Waals surface area contributed by atoms with Crippen molar-refractivity contribution in [3.63, 3.8) is 0 Å². The van der Waals surface area contributed by atoms with Crippen molar-refractivity contribution in [3.05, 3.63) is 0 Å². The molecule has 0 amide bonds. The first kappa shape index (κ1) is 32.7. The zero-order valence-electron chi connectivity index (χ0n) is 16.5. The average Bonchev–Trinajstić information content (AvgIpc) is 2.48. The SMILES string of the molecule is CCCN(C(P(=O)(O)O)P(=O)(O)O)C(CCC)(P(=O)(O)O)P(=O)(O)O.NCCCO. The molecule has 0 bridgehead atoms. The summed E-state index contributed by atoms with van der Waals surface area (Å²) in [6, 6.07) is 0. The molecule has 0 saturated carbocycles. The minimum atomic E-state index is -5.85. The van der Waals surface area contributed by atoms with E-state index in [0.717, 1.165) is 6.42 Å². The third kappa shape index (κ3) is 8.78. The molecule has 30 heavy (non-hydrogen) atoms. The Balaban J connectivity index is 0. The molecule has 0 spiro atoms. The topological polar surface area (TPSA) is 280 Å². The first-order valence-corrected chi connectivity index (χ1v) is 15.2. The van der Waals surface area contributed by atoms with Crippen LogP contribution < -0.4 is 5.73 Å². The molecule has 0 saturated heterocycles. The molecule has 0 aliphatic heterocycles. The molecule has 0 atom stereocenters. The fourth-order valence-electron chi connectivity index (χ4n) is 2.65. The molecule has 0 aromatic rings. The molecule has 15 nitrogen and oxygen atoms in total. The van der Waals surface area contributed by atoms with E-state index in [1.807, 2.05) is 0 Å². The van der Waals surface area contributed by atoms with E-state index in [1.54, 1.807) is 0 Å². The summed E-state index contributed by atoms with van der Waals surface area (Å²) in [6.07, 6.45) is -0.661. The van der Waals surface area contributed by atoms with E-state index in [1.165, 1.54) is 13.8 Å². The maximum atomic E-state index is 12.0. The van der Waals surface area contributed by atoms with Gasteiger partial charge in [-0.2, -0.15) is 0 Å². The number of nitrogens with zero attached hydrogens (tertiary/aromatic N) is 1. The summed E-state index contributed by atoms with van der Waals surface area (Å²) in [6.45, 7) is 2.64. The van der Waals surface area contributed by atoms with Gasteiger partial charge in [0.2, 0.25) is 10.5 Å². The van der Waals surface area contributed by atoms with Crippen LogP contribution in [-0.4, -0.2) is 79.4 Å². The molecule has 0 aromatic carbocycles. The first-order valence-electron chi connectivity index (χ1n) is 8.58. The monoisotopic (exact) mass is 524 g/mol. The van der Waals surface area contributed by atoms with Crippen molar-refractivity contribution in [2.75, 3.05) is 19.7 Å². The maximum Gasteiger partial charge on any atom is 0.358 e. The molecule has 0 heterocycles. The molecule has 0 aliphatic rings. The molecule has 0 rings (SSSR count). The third-order valence-corrected chi connectivity index (χ3v) is 11.6. The Kier molecular flexibility index (Phi) is 13.8. The van der Waals surface area contributed by atoms with Crippen molar-refractivity contribution in [2.45, 2.75) is 50.1 Å². The molecular formula is C11H32N2O13P4.